The van der Waals surface area contributed by atoms with E-state index in [-0.39, 0.29) is 0 Å². The molecule has 0 aliphatic carbocycles. The van der Waals surface area contributed by atoms with E-state index in [1.54, 1.807) is 0 Å². The second kappa shape index (κ2) is 14.7. The molecule has 6 aromatic rings. The topological polar surface area (TPSA) is 0 Å². The summed E-state index contributed by atoms with van der Waals surface area (Å²) in [6.45, 7) is 6.31. The minimum absolute atomic E-state index is 1.10. The monoisotopic (exact) mass is 626 g/mol. The van der Waals surface area contributed by atoms with Gasteiger partial charge in [0.05, 0.1) is 0 Å². The Labute approximate surface area is 247 Å². The average molecular weight is 629 g/mol. The Morgan fingerprint density at radius 1 is 0.590 bits per heavy atom. The van der Waals surface area contributed by atoms with Gasteiger partial charge in [-0.2, -0.15) is 12.1 Å². The molecule has 0 amide bonds. The Morgan fingerprint density at radius 3 is 1.31 bits per heavy atom. The standard InChI is InChI=1S/2C17H15.C2H4.2ClH.Zr/c2*1-2-13-11-15-9-6-10-16(17(15)12-13)14-7-4-3-5-8-14;1-2;;;/h2*3-12H,2H2,1H3;1H,2H3;2*1H;/q2*-1;;;;+2/p-2. The molecule has 0 nitrogen and oxygen atoms in total. The Bertz CT molecular complexity index is 1520. The van der Waals surface area contributed by atoms with E-state index in [1.165, 1.54) is 54.9 Å². The van der Waals surface area contributed by atoms with E-state index in [9.17, 15) is 0 Å². The summed E-state index contributed by atoms with van der Waals surface area (Å²) >= 11 is -1.76. The summed E-state index contributed by atoms with van der Waals surface area (Å²) in [4.78, 5) is 0. The SMILES string of the molecule is CCc1cc2c(-c3ccccc3)cccc2[cH-]1.CCc1cc2c(-c3ccccc3)cccc2[cH-]1.C[CH]=[Zr]([Cl])[Cl]. The predicted molar refractivity (Wildman–Crippen MR) is 172 cm³/mol. The first-order chi connectivity index (χ1) is 19.0. The van der Waals surface area contributed by atoms with E-state index < -0.39 is 18.9 Å². The normalized spacial score (nSPS) is 10.4. The van der Waals surface area contributed by atoms with Crippen molar-refractivity contribution in [1.82, 2.24) is 0 Å². The summed E-state index contributed by atoms with van der Waals surface area (Å²) in [6.07, 6.45) is 2.20. The van der Waals surface area contributed by atoms with Crippen LogP contribution in [0.15, 0.2) is 121 Å². The molecule has 0 atom stereocenters. The van der Waals surface area contributed by atoms with Crippen LogP contribution in [0.2, 0.25) is 0 Å². The van der Waals surface area contributed by atoms with E-state index in [0.717, 1.165) is 12.8 Å². The maximum absolute atomic E-state index is 5.37. The number of rotatable bonds is 4. The molecule has 3 heteroatoms. The van der Waals surface area contributed by atoms with E-state index in [2.05, 4.69) is 135 Å². The molecule has 6 aromatic carbocycles. The van der Waals surface area contributed by atoms with Crippen molar-refractivity contribution in [1.29, 1.82) is 0 Å². The zero-order valence-electron chi connectivity index (χ0n) is 22.8. The summed E-state index contributed by atoms with van der Waals surface area (Å²) in [5, 5.41) is 5.44. The third kappa shape index (κ3) is 7.76. The fourth-order valence-electron chi connectivity index (χ4n) is 4.74. The fraction of sp³-hybridized carbons (Fsp3) is 0.139. The van der Waals surface area contributed by atoms with Crippen molar-refractivity contribution in [3.63, 3.8) is 0 Å². The molecule has 0 bridgehead atoms. The maximum atomic E-state index is 5.37. The van der Waals surface area contributed by atoms with Crippen LogP contribution in [0, 0.1) is 0 Å². The molecule has 198 valence electrons. The summed E-state index contributed by atoms with van der Waals surface area (Å²) in [6, 6.07) is 43.5. The summed E-state index contributed by atoms with van der Waals surface area (Å²) in [5.41, 5.74) is 8.11. The molecule has 0 saturated carbocycles. The van der Waals surface area contributed by atoms with Crippen LogP contribution in [0.3, 0.4) is 0 Å². The fourth-order valence-corrected chi connectivity index (χ4v) is 4.74. The zero-order chi connectivity index (χ0) is 27.6. The molecule has 0 aromatic heterocycles. The third-order valence-electron chi connectivity index (χ3n) is 6.83. The van der Waals surface area contributed by atoms with Crippen LogP contribution < -0.4 is 0 Å². The third-order valence-corrected chi connectivity index (χ3v) is 10.5. The first kappa shape index (κ1) is 29.4. The van der Waals surface area contributed by atoms with Crippen LogP contribution in [-0.4, -0.2) is 3.71 Å². The number of aryl methyl sites for hydroxylation is 2. The van der Waals surface area contributed by atoms with Gasteiger partial charge in [-0.3, -0.25) is 0 Å². The first-order valence-electron chi connectivity index (χ1n) is 13.5. The van der Waals surface area contributed by atoms with Crippen molar-refractivity contribution >= 4 is 42.3 Å². The van der Waals surface area contributed by atoms with Gasteiger partial charge in [0.25, 0.3) is 0 Å². The van der Waals surface area contributed by atoms with Crippen molar-refractivity contribution in [2.45, 2.75) is 33.6 Å². The average Bonchev–Trinajstić information content (AvgIpc) is 3.62. The summed E-state index contributed by atoms with van der Waals surface area (Å²) < 4.78 is 1.89. The van der Waals surface area contributed by atoms with Gasteiger partial charge >= 0.3 is 46.5 Å². The Kier molecular flexibility index (Phi) is 11.1. The van der Waals surface area contributed by atoms with Crippen molar-refractivity contribution in [3.8, 4) is 22.3 Å². The van der Waals surface area contributed by atoms with Crippen molar-refractivity contribution in [2.24, 2.45) is 0 Å². The zero-order valence-corrected chi connectivity index (χ0v) is 26.8. The van der Waals surface area contributed by atoms with Crippen LogP contribution in [0.4, 0.5) is 0 Å². The van der Waals surface area contributed by atoms with Crippen LogP contribution in [0.5, 0.6) is 0 Å². The van der Waals surface area contributed by atoms with Crippen LogP contribution in [0.25, 0.3) is 43.8 Å². The van der Waals surface area contributed by atoms with Crippen molar-refractivity contribution < 1.29 is 18.9 Å². The molecule has 0 heterocycles. The molecule has 39 heavy (non-hydrogen) atoms. The molecule has 0 fully saturated rings. The molecular formula is C36H34Cl2Zr-2. The molecule has 0 saturated heterocycles. The quantitative estimate of drug-likeness (QED) is 0.170. The molecule has 6 rings (SSSR count). The summed E-state index contributed by atoms with van der Waals surface area (Å²) in [7, 11) is 10.7. The Hall–Kier alpha value is -2.57. The predicted octanol–water partition coefficient (Wildman–Crippen LogP) is 11.3. The molecule has 0 unspecified atom stereocenters. The second-order valence-corrected chi connectivity index (χ2v) is 18.2. The van der Waals surface area contributed by atoms with Gasteiger partial charge < -0.3 is 0 Å². The number of benzene rings is 4. The number of halogens is 2. The van der Waals surface area contributed by atoms with E-state index in [4.69, 9.17) is 17.0 Å². The van der Waals surface area contributed by atoms with Gasteiger partial charge in [0, 0.05) is 0 Å². The molecule has 0 spiro atoms. The van der Waals surface area contributed by atoms with Crippen molar-refractivity contribution in [2.75, 3.05) is 0 Å². The Morgan fingerprint density at radius 2 is 0.974 bits per heavy atom. The van der Waals surface area contributed by atoms with Crippen LogP contribution >= 0.6 is 17.0 Å². The minimum atomic E-state index is -1.76. The number of hydrogen-bond acceptors (Lipinski definition) is 0. The van der Waals surface area contributed by atoms with Gasteiger partial charge in [-0.25, -0.2) is 0 Å². The van der Waals surface area contributed by atoms with Crippen molar-refractivity contribution in [3.05, 3.63) is 132 Å². The molecular weight excluding hydrogens is 595 g/mol. The number of hydrogen-bond donors (Lipinski definition) is 0. The van der Waals surface area contributed by atoms with Gasteiger partial charge in [-0.15, -0.1) is 69.1 Å². The van der Waals surface area contributed by atoms with E-state index in [1.807, 2.05) is 10.6 Å². The van der Waals surface area contributed by atoms with Gasteiger partial charge in [0.2, 0.25) is 0 Å². The van der Waals surface area contributed by atoms with Gasteiger partial charge in [-0.05, 0) is 24.0 Å². The van der Waals surface area contributed by atoms with E-state index >= 15 is 0 Å². The van der Waals surface area contributed by atoms with Gasteiger partial charge in [0.1, 0.15) is 0 Å². The van der Waals surface area contributed by atoms with Crippen LogP contribution in [-0.2, 0) is 31.7 Å². The second-order valence-electron chi connectivity index (χ2n) is 9.36. The first-order valence-corrected chi connectivity index (χ1v) is 21.2. The molecule has 0 N–H and O–H groups in total. The van der Waals surface area contributed by atoms with E-state index in [0.29, 0.717) is 0 Å². The Balaban J connectivity index is 0.000000155. The van der Waals surface area contributed by atoms with Crippen LogP contribution in [0.1, 0.15) is 31.9 Å². The van der Waals surface area contributed by atoms with Gasteiger partial charge in [0.15, 0.2) is 0 Å². The summed E-state index contributed by atoms with van der Waals surface area (Å²) in [5.74, 6) is 0. The van der Waals surface area contributed by atoms with Gasteiger partial charge in [-0.1, -0.05) is 97.8 Å². The molecule has 0 aliphatic heterocycles. The molecule has 0 aliphatic rings. The number of fused-ring (bicyclic) bond motifs is 2. The molecule has 0 radical (unpaired) electrons.